The zero-order valence-electron chi connectivity index (χ0n) is 10.3. The molecule has 0 radical (unpaired) electrons. The molecule has 2 heterocycles. The van der Waals surface area contributed by atoms with Gasteiger partial charge in [-0.15, -0.1) is 0 Å². The average Bonchev–Trinajstić information content (AvgIpc) is 2.72. The Bertz CT molecular complexity index is 389. The van der Waals surface area contributed by atoms with Crippen molar-refractivity contribution in [1.82, 2.24) is 4.90 Å². The lowest BCUT2D eigenvalue weighted by atomic mass is 9.97. The predicted molar refractivity (Wildman–Crippen MR) is 64.0 cm³/mol. The maximum Gasteiger partial charge on any atom is 0.338 e. The third-order valence-electron chi connectivity index (χ3n) is 3.62. The first-order chi connectivity index (χ1) is 8.08. The van der Waals surface area contributed by atoms with E-state index in [2.05, 4.69) is 18.7 Å². The van der Waals surface area contributed by atoms with E-state index in [-0.39, 0.29) is 5.56 Å². The molecule has 1 saturated heterocycles. The first-order valence-electron chi connectivity index (χ1n) is 6.14. The number of hydrogen-bond acceptors (Lipinski definition) is 3. The molecule has 0 unspecified atom stereocenters. The molecule has 1 aliphatic rings. The minimum Gasteiger partial charge on any atom is -0.478 e. The number of piperidine rings is 1. The van der Waals surface area contributed by atoms with E-state index >= 15 is 0 Å². The molecule has 4 heteroatoms. The highest BCUT2D eigenvalue weighted by molar-refractivity contribution is 5.87. The summed E-state index contributed by atoms with van der Waals surface area (Å²) in [5.74, 6) is -0.192. The Labute approximate surface area is 101 Å². The lowest BCUT2D eigenvalue weighted by Crippen LogP contribution is -2.42. The van der Waals surface area contributed by atoms with Crippen molar-refractivity contribution in [3.8, 4) is 0 Å². The molecular formula is C13H19NO3. The number of aromatic carboxylic acids is 1. The lowest BCUT2D eigenvalue weighted by Gasteiger charge is -2.38. The van der Waals surface area contributed by atoms with Gasteiger partial charge in [0, 0.05) is 12.1 Å². The number of furan rings is 1. The Balaban J connectivity index is 2.05. The van der Waals surface area contributed by atoms with Crippen molar-refractivity contribution in [3.63, 3.8) is 0 Å². The molecule has 0 aromatic carbocycles. The minimum absolute atomic E-state index is 0.234. The molecule has 0 amide bonds. The van der Waals surface area contributed by atoms with Crippen LogP contribution in [0.1, 0.15) is 49.2 Å². The summed E-state index contributed by atoms with van der Waals surface area (Å²) in [5.41, 5.74) is 0.234. The minimum atomic E-state index is -0.931. The third kappa shape index (κ3) is 2.69. The van der Waals surface area contributed by atoms with Gasteiger partial charge in [0.25, 0.3) is 0 Å². The smallest absolute Gasteiger partial charge is 0.338 e. The first kappa shape index (κ1) is 12.2. The summed E-state index contributed by atoms with van der Waals surface area (Å²) in [6.07, 6.45) is 5.00. The van der Waals surface area contributed by atoms with Gasteiger partial charge in [0.1, 0.15) is 12.0 Å². The van der Waals surface area contributed by atoms with E-state index in [9.17, 15) is 4.79 Å². The van der Waals surface area contributed by atoms with Crippen LogP contribution >= 0.6 is 0 Å². The first-order valence-corrected chi connectivity index (χ1v) is 6.14. The van der Waals surface area contributed by atoms with Crippen molar-refractivity contribution < 1.29 is 14.3 Å². The van der Waals surface area contributed by atoms with Crippen LogP contribution in [0.25, 0.3) is 0 Å². The number of carboxylic acid groups (broad SMARTS) is 1. The molecule has 4 nitrogen and oxygen atoms in total. The van der Waals surface area contributed by atoms with Gasteiger partial charge < -0.3 is 9.52 Å². The Kier molecular flexibility index (Phi) is 3.52. The number of likely N-dealkylation sites (tertiary alicyclic amines) is 1. The second kappa shape index (κ2) is 4.92. The topological polar surface area (TPSA) is 53.7 Å². The molecule has 1 aromatic heterocycles. The summed E-state index contributed by atoms with van der Waals surface area (Å²) in [7, 11) is 0. The molecule has 0 saturated carbocycles. The summed E-state index contributed by atoms with van der Waals surface area (Å²) < 4.78 is 5.30. The van der Waals surface area contributed by atoms with Gasteiger partial charge in [0.05, 0.1) is 12.1 Å². The van der Waals surface area contributed by atoms with Crippen LogP contribution in [0, 0.1) is 0 Å². The van der Waals surface area contributed by atoms with Crippen molar-refractivity contribution in [3.05, 3.63) is 23.7 Å². The molecule has 1 aromatic rings. The number of carboxylic acids is 1. The van der Waals surface area contributed by atoms with Crippen LogP contribution in [0.5, 0.6) is 0 Å². The van der Waals surface area contributed by atoms with Gasteiger partial charge in [-0.05, 0) is 32.8 Å². The largest absolute Gasteiger partial charge is 0.478 e. The average molecular weight is 237 g/mol. The van der Waals surface area contributed by atoms with Gasteiger partial charge in [-0.25, -0.2) is 4.79 Å². The van der Waals surface area contributed by atoms with Crippen molar-refractivity contribution in [2.24, 2.45) is 0 Å². The monoisotopic (exact) mass is 237 g/mol. The maximum absolute atomic E-state index is 10.8. The van der Waals surface area contributed by atoms with E-state index in [4.69, 9.17) is 9.52 Å². The van der Waals surface area contributed by atoms with Crippen molar-refractivity contribution >= 4 is 5.97 Å². The molecule has 2 atom stereocenters. The van der Waals surface area contributed by atoms with Gasteiger partial charge in [0.15, 0.2) is 0 Å². The Morgan fingerprint density at radius 3 is 2.65 bits per heavy atom. The number of rotatable bonds is 3. The second-order valence-corrected chi connectivity index (χ2v) is 4.91. The van der Waals surface area contributed by atoms with Crippen LogP contribution in [-0.4, -0.2) is 28.1 Å². The summed E-state index contributed by atoms with van der Waals surface area (Å²) in [5, 5.41) is 8.83. The molecular weight excluding hydrogens is 218 g/mol. The molecule has 1 aliphatic heterocycles. The van der Waals surface area contributed by atoms with E-state index in [1.165, 1.54) is 25.5 Å². The lowest BCUT2D eigenvalue weighted by molar-refractivity contribution is 0.0696. The van der Waals surface area contributed by atoms with Gasteiger partial charge in [-0.1, -0.05) is 6.42 Å². The molecule has 17 heavy (non-hydrogen) atoms. The highest BCUT2D eigenvalue weighted by Gasteiger charge is 2.25. The normalized spacial score (nSPS) is 26.0. The van der Waals surface area contributed by atoms with Crippen LogP contribution in [0.15, 0.2) is 16.7 Å². The third-order valence-corrected chi connectivity index (χ3v) is 3.62. The molecule has 1 N–H and O–H groups in total. The maximum atomic E-state index is 10.8. The van der Waals surface area contributed by atoms with Crippen molar-refractivity contribution in [2.75, 3.05) is 0 Å². The van der Waals surface area contributed by atoms with Crippen LogP contribution in [0.4, 0.5) is 0 Å². The number of carbonyl (C=O) groups is 1. The van der Waals surface area contributed by atoms with Gasteiger partial charge in [0.2, 0.25) is 0 Å². The van der Waals surface area contributed by atoms with Crippen LogP contribution < -0.4 is 0 Å². The van der Waals surface area contributed by atoms with Crippen molar-refractivity contribution in [1.29, 1.82) is 0 Å². The molecule has 1 fully saturated rings. The quantitative estimate of drug-likeness (QED) is 0.878. The Morgan fingerprint density at radius 2 is 2.12 bits per heavy atom. The van der Waals surface area contributed by atoms with Gasteiger partial charge >= 0.3 is 5.97 Å². The zero-order chi connectivity index (χ0) is 12.4. The Morgan fingerprint density at radius 1 is 1.47 bits per heavy atom. The molecule has 0 spiro atoms. The number of nitrogens with zero attached hydrogens (tertiary/aromatic N) is 1. The van der Waals surface area contributed by atoms with E-state index in [0.29, 0.717) is 18.6 Å². The summed E-state index contributed by atoms with van der Waals surface area (Å²) >= 11 is 0. The van der Waals surface area contributed by atoms with Gasteiger partial charge in [-0.3, -0.25) is 4.90 Å². The Hall–Kier alpha value is -1.29. The fourth-order valence-electron chi connectivity index (χ4n) is 2.54. The summed E-state index contributed by atoms with van der Waals surface area (Å²) in [6, 6.07) is 2.70. The van der Waals surface area contributed by atoms with E-state index in [0.717, 1.165) is 5.76 Å². The standard InChI is InChI=1S/C13H19NO3/c1-9-4-3-5-10(2)14(9)7-12-6-11(8-17-12)13(15)16/h6,8-10H,3-5,7H2,1-2H3,(H,15,16)/t9-,10+. The fraction of sp³-hybridized carbons (Fsp3) is 0.615. The van der Waals surface area contributed by atoms with E-state index in [1.807, 2.05) is 0 Å². The molecule has 2 rings (SSSR count). The summed E-state index contributed by atoms with van der Waals surface area (Å²) in [4.78, 5) is 13.1. The van der Waals surface area contributed by atoms with Crippen molar-refractivity contribution in [2.45, 2.75) is 51.7 Å². The van der Waals surface area contributed by atoms with E-state index < -0.39 is 5.97 Å². The highest BCUT2D eigenvalue weighted by atomic mass is 16.4. The van der Waals surface area contributed by atoms with Crippen LogP contribution in [0.2, 0.25) is 0 Å². The van der Waals surface area contributed by atoms with Crippen LogP contribution in [0.3, 0.4) is 0 Å². The highest BCUT2D eigenvalue weighted by Crippen LogP contribution is 2.25. The van der Waals surface area contributed by atoms with E-state index in [1.54, 1.807) is 6.07 Å². The molecule has 0 bridgehead atoms. The predicted octanol–water partition coefficient (Wildman–Crippen LogP) is 2.74. The zero-order valence-corrected chi connectivity index (χ0v) is 10.3. The number of hydrogen-bond donors (Lipinski definition) is 1. The molecule has 0 aliphatic carbocycles. The second-order valence-electron chi connectivity index (χ2n) is 4.91. The summed E-state index contributed by atoms with van der Waals surface area (Å²) in [6.45, 7) is 5.14. The SMILES string of the molecule is C[C@@H]1CCC[C@H](C)N1Cc1cc(C(=O)O)co1. The van der Waals surface area contributed by atoms with Gasteiger partial charge in [-0.2, -0.15) is 0 Å². The molecule has 94 valence electrons. The van der Waals surface area contributed by atoms with Crippen LogP contribution in [-0.2, 0) is 6.54 Å². The fourth-order valence-corrected chi connectivity index (χ4v) is 2.54.